The van der Waals surface area contributed by atoms with Gasteiger partial charge >= 0.3 is 0 Å². The highest BCUT2D eigenvalue weighted by molar-refractivity contribution is 7.13. The zero-order valence-electron chi connectivity index (χ0n) is 7.69. The largest absolute Gasteiger partial charge is 0.225 e. The molecule has 0 aliphatic rings. The molecule has 0 atom stereocenters. The predicted molar refractivity (Wildman–Crippen MR) is 57.0 cm³/mol. The van der Waals surface area contributed by atoms with Gasteiger partial charge in [0.2, 0.25) is 0 Å². The molecule has 0 saturated heterocycles. The summed E-state index contributed by atoms with van der Waals surface area (Å²) < 4.78 is 0. The first-order valence-electron chi connectivity index (χ1n) is 4.23. The molecule has 68 valence electrons. The van der Waals surface area contributed by atoms with E-state index in [4.69, 9.17) is 5.26 Å². The molecule has 0 aliphatic carbocycles. The summed E-state index contributed by atoms with van der Waals surface area (Å²) in [6.07, 6.45) is 0. The molecule has 0 saturated carbocycles. The Bertz CT molecular complexity index is 494. The van der Waals surface area contributed by atoms with Gasteiger partial charge in [-0.25, -0.2) is 4.98 Å². The van der Waals surface area contributed by atoms with Gasteiger partial charge in [0.1, 0.15) is 11.1 Å². The predicted octanol–water partition coefficient (Wildman–Crippen LogP) is 2.99. The van der Waals surface area contributed by atoms with Crippen molar-refractivity contribution in [2.24, 2.45) is 0 Å². The lowest BCUT2D eigenvalue weighted by Crippen LogP contribution is -1.81. The lowest BCUT2D eigenvalue weighted by molar-refractivity contribution is 1.32. The van der Waals surface area contributed by atoms with Crippen LogP contribution in [0.1, 0.15) is 11.3 Å². The summed E-state index contributed by atoms with van der Waals surface area (Å²) >= 11 is 1.51. The number of nitrogens with zero attached hydrogens (tertiary/aromatic N) is 2. The molecule has 2 nitrogen and oxygen atoms in total. The van der Waals surface area contributed by atoms with Gasteiger partial charge in [0, 0.05) is 10.9 Å². The van der Waals surface area contributed by atoms with E-state index in [1.165, 1.54) is 16.9 Å². The van der Waals surface area contributed by atoms with Crippen LogP contribution in [0.15, 0.2) is 29.6 Å². The van der Waals surface area contributed by atoms with Crippen molar-refractivity contribution in [3.05, 3.63) is 40.9 Å². The number of benzene rings is 1. The molecule has 0 radical (unpaired) electrons. The topological polar surface area (TPSA) is 36.7 Å². The van der Waals surface area contributed by atoms with E-state index in [-0.39, 0.29) is 0 Å². The Hall–Kier alpha value is -1.66. The van der Waals surface area contributed by atoms with Gasteiger partial charge in [0.15, 0.2) is 5.69 Å². The number of hydrogen-bond acceptors (Lipinski definition) is 3. The van der Waals surface area contributed by atoms with E-state index < -0.39 is 0 Å². The first-order valence-corrected chi connectivity index (χ1v) is 5.11. The van der Waals surface area contributed by atoms with E-state index in [1.807, 2.05) is 37.3 Å². The monoisotopic (exact) mass is 200 g/mol. The minimum absolute atomic E-state index is 0.494. The molecule has 2 rings (SSSR count). The summed E-state index contributed by atoms with van der Waals surface area (Å²) in [4.78, 5) is 4.22. The Kier molecular flexibility index (Phi) is 2.30. The number of aromatic nitrogens is 1. The van der Waals surface area contributed by atoms with Gasteiger partial charge in [-0.05, 0) is 12.5 Å². The van der Waals surface area contributed by atoms with Crippen LogP contribution in [0.2, 0.25) is 0 Å². The van der Waals surface area contributed by atoms with Gasteiger partial charge in [-0.3, -0.25) is 0 Å². The Morgan fingerprint density at radius 1 is 1.36 bits per heavy atom. The maximum atomic E-state index is 8.66. The second kappa shape index (κ2) is 3.60. The van der Waals surface area contributed by atoms with Crippen LogP contribution in [0.4, 0.5) is 0 Å². The fraction of sp³-hybridized carbons (Fsp3) is 0.0909. The molecule has 14 heavy (non-hydrogen) atoms. The van der Waals surface area contributed by atoms with Crippen molar-refractivity contribution in [1.82, 2.24) is 4.98 Å². The molecule has 2 aromatic rings. The molecule has 3 heteroatoms. The molecule has 0 amide bonds. The van der Waals surface area contributed by atoms with Crippen LogP contribution in [0.5, 0.6) is 0 Å². The van der Waals surface area contributed by atoms with Gasteiger partial charge in [-0.15, -0.1) is 11.3 Å². The fourth-order valence-corrected chi connectivity index (χ4v) is 2.10. The molecule has 1 heterocycles. The zero-order valence-corrected chi connectivity index (χ0v) is 8.51. The van der Waals surface area contributed by atoms with Crippen LogP contribution < -0.4 is 0 Å². The van der Waals surface area contributed by atoms with E-state index >= 15 is 0 Å². The van der Waals surface area contributed by atoms with Crippen LogP contribution in [0, 0.1) is 18.3 Å². The second-order valence-electron chi connectivity index (χ2n) is 2.96. The third kappa shape index (κ3) is 1.52. The number of hydrogen-bond donors (Lipinski definition) is 0. The minimum Gasteiger partial charge on any atom is -0.225 e. The first kappa shape index (κ1) is 8.92. The maximum Gasteiger partial charge on any atom is 0.152 e. The standard InChI is InChI=1S/C11H8N2S/c1-8-4-2-3-5-10(8)11-13-9(6-12)7-14-11/h2-5,7H,1H3. The number of nitriles is 1. The van der Waals surface area contributed by atoms with Crippen molar-refractivity contribution in [2.75, 3.05) is 0 Å². The minimum atomic E-state index is 0.494. The van der Waals surface area contributed by atoms with Gasteiger partial charge in [-0.2, -0.15) is 5.26 Å². The van der Waals surface area contributed by atoms with E-state index in [9.17, 15) is 0 Å². The maximum absolute atomic E-state index is 8.66. The van der Waals surface area contributed by atoms with Gasteiger partial charge in [-0.1, -0.05) is 24.3 Å². The summed E-state index contributed by atoms with van der Waals surface area (Å²) in [7, 11) is 0. The fourth-order valence-electron chi connectivity index (χ4n) is 1.26. The van der Waals surface area contributed by atoms with Crippen molar-refractivity contribution >= 4 is 11.3 Å². The SMILES string of the molecule is Cc1ccccc1-c1nc(C#N)cs1. The Labute approximate surface area is 86.5 Å². The number of rotatable bonds is 1. The summed E-state index contributed by atoms with van der Waals surface area (Å²) in [5.74, 6) is 0. The Morgan fingerprint density at radius 2 is 2.14 bits per heavy atom. The molecule has 0 fully saturated rings. The molecular weight excluding hydrogens is 192 g/mol. The van der Waals surface area contributed by atoms with Gasteiger partial charge in [0.05, 0.1) is 0 Å². The third-order valence-electron chi connectivity index (χ3n) is 1.99. The third-order valence-corrected chi connectivity index (χ3v) is 2.87. The van der Waals surface area contributed by atoms with Crippen LogP contribution in [-0.2, 0) is 0 Å². The zero-order chi connectivity index (χ0) is 9.97. The highest BCUT2D eigenvalue weighted by Gasteiger charge is 2.05. The van der Waals surface area contributed by atoms with E-state index in [0.717, 1.165) is 10.6 Å². The van der Waals surface area contributed by atoms with E-state index in [2.05, 4.69) is 4.98 Å². The highest BCUT2D eigenvalue weighted by atomic mass is 32.1. The summed E-state index contributed by atoms with van der Waals surface area (Å²) in [5, 5.41) is 11.4. The molecule has 1 aromatic heterocycles. The molecular formula is C11H8N2S. The summed E-state index contributed by atoms with van der Waals surface area (Å²) in [5.41, 5.74) is 2.79. The van der Waals surface area contributed by atoms with Crippen molar-refractivity contribution in [2.45, 2.75) is 6.92 Å². The molecule has 0 aliphatic heterocycles. The lowest BCUT2D eigenvalue weighted by Gasteiger charge is -1.99. The van der Waals surface area contributed by atoms with E-state index in [1.54, 1.807) is 5.38 Å². The van der Waals surface area contributed by atoms with Crippen LogP contribution in [0.3, 0.4) is 0 Å². The molecule has 0 N–H and O–H groups in total. The summed E-state index contributed by atoms with van der Waals surface area (Å²) in [6, 6.07) is 10.1. The Balaban J connectivity index is 2.51. The van der Waals surface area contributed by atoms with E-state index in [0.29, 0.717) is 5.69 Å². The summed E-state index contributed by atoms with van der Waals surface area (Å²) in [6.45, 7) is 2.04. The molecule has 1 aromatic carbocycles. The van der Waals surface area contributed by atoms with Gasteiger partial charge < -0.3 is 0 Å². The van der Waals surface area contributed by atoms with Crippen LogP contribution >= 0.6 is 11.3 Å². The van der Waals surface area contributed by atoms with Crippen molar-refractivity contribution in [3.8, 4) is 16.6 Å². The van der Waals surface area contributed by atoms with Crippen LogP contribution in [-0.4, -0.2) is 4.98 Å². The first-order chi connectivity index (χ1) is 6.81. The van der Waals surface area contributed by atoms with Crippen molar-refractivity contribution < 1.29 is 0 Å². The highest BCUT2D eigenvalue weighted by Crippen LogP contribution is 2.26. The van der Waals surface area contributed by atoms with Crippen molar-refractivity contribution in [3.63, 3.8) is 0 Å². The average molecular weight is 200 g/mol. The average Bonchev–Trinajstić information content (AvgIpc) is 2.67. The van der Waals surface area contributed by atoms with Crippen molar-refractivity contribution in [1.29, 1.82) is 5.26 Å². The molecule has 0 spiro atoms. The second-order valence-corrected chi connectivity index (χ2v) is 3.82. The smallest absolute Gasteiger partial charge is 0.152 e. The molecule has 0 unspecified atom stereocenters. The number of thiazole rings is 1. The molecule has 0 bridgehead atoms. The lowest BCUT2D eigenvalue weighted by atomic mass is 10.1. The number of aryl methyl sites for hydroxylation is 1. The normalized spacial score (nSPS) is 9.71. The Morgan fingerprint density at radius 3 is 2.79 bits per heavy atom. The van der Waals surface area contributed by atoms with Crippen LogP contribution in [0.25, 0.3) is 10.6 Å². The quantitative estimate of drug-likeness (QED) is 0.709. The van der Waals surface area contributed by atoms with Gasteiger partial charge in [0.25, 0.3) is 0 Å².